The van der Waals surface area contributed by atoms with Crippen molar-refractivity contribution >= 4 is 5.91 Å². The van der Waals surface area contributed by atoms with E-state index in [4.69, 9.17) is 11.5 Å². The molecule has 0 aliphatic rings. The third-order valence-corrected chi connectivity index (χ3v) is 1.95. The van der Waals surface area contributed by atoms with E-state index < -0.39 is 0 Å². The van der Waals surface area contributed by atoms with Crippen LogP contribution in [0.15, 0.2) is 0 Å². The fourth-order valence-corrected chi connectivity index (χ4v) is 1.13. The summed E-state index contributed by atoms with van der Waals surface area (Å²) >= 11 is 0. The second-order valence-electron chi connectivity index (χ2n) is 2.86. The molecule has 0 saturated heterocycles. The summed E-state index contributed by atoms with van der Waals surface area (Å²) in [6.07, 6.45) is 3.48. The highest BCUT2D eigenvalue weighted by Crippen LogP contribution is 2.13. The van der Waals surface area contributed by atoms with Crippen molar-refractivity contribution in [1.82, 2.24) is 0 Å². The molecule has 0 radical (unpaired) electrons. The van der Waals surface area contributed by atoms with Crippen LogP contribution in [0.4, 0.5) is 0 Å². The third kappa shape index (κ3) is 5.85. The highest BCUT2D eigenvalue weighted by atomic mass is 16.1. The summed E-state index contributed by atoms with van der Waals surface area (Å²) in [5, 5.41) is 0. The van der Waals surface area contributed by atoms with E-state index in [1.54, 1.807) is 0 Å². The maximum absolute atomic E-state index is 10.4. The van der Waals surface area contributed by atoms with Crippen molar-refractivity contribution in [3.8, 4) is 0 Å². The molecule has 0 spiro atoms. The number of hydrogen-bond acceptors (Lipinski definition) is 2. The van der Waals surface area contributed by atoms with Gasteiger partial charge >= 0.3 is 0 Å². The number of carbonyl (C=O) groups excluding carboxylic acids is 1. The van der Waals surface area contributed by atoms with Gasteiger partial charge in [0.05, 0.1) is 0 Å². The summed E-state index contributed by atoms with van der Waals surface area (Å²) < 4.78 is 0. The second kappa shape index (κ2) is 6.16. The number of carbonyl (C=O) groups is 1. The molecule has 3 heteroatoms. The van der Waals surface area contributed by atoms with Gasteiger partial charge in [0.15, 0.2) is 0 Å². The molecule has 0 aromatic rings. The van der Waals surface area contributed by atoms with Crippen LogP contribution in [-0.2, 0) is 4.79 Å². The zero-order chi connectivity index (χ0) is 8.69. The number of rotatable bonds is 6. The van der Waals surface area contributed by atoms with E-state index in [0.29, 0.717) is 18.9 Å². The number of nitrogens with two attached hydrogens (primary N) is 2. The second-order valence-corrected chi connectivity index (χ2v) is 2.86. The minimum atomic E-state index is -0.208. The number of primary amides is 1. The van der Waals surface area contributed by atoms with E-state index in [1.165, 1.54) is 0 Å². The van der Waals surface area contributed by atoms with Gasteiger partial charge in [-0.3, -0.25) is 4.79 Å². The van der Waals surface area contributed by atoms with Crippen molar-refractivity contribution in [3.05, 3.63) is 0 Å². The third-order valence-electron chi connectivity index (χ3n) is 1.95. The summed E-state index contributed by atoms with van der Waals surface area (Å²) in [6, 6.07) is 0. The maximum Gasteiger partial charge on any atom is 0.217 e. The highest BCUT2D eigenvalue weighted by Gasteiger charge is 2.06. The molecule has 1 amide bonds. The van der Waals surface area contributed by atoms with Crippen molar-refractivity contribution in [1.29, 1.82) is 0 Å². The summed E-state index contributed by atoms with van der Waals surface area (Å²) in [5.74, 6) is 0.368. The van der Waals surface area contributed by atoms with Crippen LogP contribution >= 0.6 is 0 Å². The van der Waals surface area contributed by atoms with Gasteiger partial charge in [-0.2, -0.15) is 0 Å². The lowest BCUT2D eigenvalue weighted by atomic mass is 9.97. The van der Waals surface area contributed by atoms with Gasteiger partial charge in [-0.1, -0.05) is 13.3 Å². The molecule has 0 fully saturated rings. The first-order valence-corrected chi connectivity index (χ1v) is 4.19. The molecule has 1 atom stereocenters. The predicted molar refractivity (Wildman–Crippen MR) is 45.9 cm³/mol. The minimum Gasteiger partial charge on any atom is -0.370 e. The van der Waals surface area contributed by atoms with Gasteiger partial charge in [-0.05, 0) is 25.3 Å². The Bertz CT molecular complexity index is 115. The van der Waals surface area contributed by atoms with Gasteiger partial charge in [0.1, 0.15) is 0 Å². The van der Waals surface area contributed by atoms with Gasteiger partial charge in [0.2, 0.25) is 5.91 Å². The standard InChI is InChI=1S/C8H18N2O/c1-2-7(5-6-9)3-4-8(10)11/h7H,2-6,9H2,1H3,(H2,10,11)/t7-/m0/s1. The smallest absolute Gasteiger partial charge is 0.217 e. The van der Waals surface area contributed by atoms with Crippen LogP contribution in [0, 0.1) is 5.92 Å². The molecule has 0 aromatic carbocycles. The molecular formula is C8H18N2O. The van der Waals surface area contributed by atoms with Gasteiger partial charge in [-0.25, -0.2) is 0 Å². The molecule has 3 nitrogen and oxygen atoms in total. The van der Waals surface area contributed by atoms with Crippen LogP contribution in [0.1, 0.15) is 32.6 Å². The molecular weight excluding hydrogens is 140 g/mol. The van der Waals surface area contributed by atoms with Gasteiger partial charge in [0, 0.05) is 6.42 Å². The SMILES string of the molecule is CC[C@H](CCN)CCC(N)=O. The quantitative estimate of drug-likeness (QED) is 0.595. The molecule has 0 saturated carbocycles. The van der Waals surface area contributed by atoms with Crippen LogP contribution in [0.2, 0.25) is 0 Å². The Labute approximate surface area is 68.1 Å². The van der Waals surface area contributed by atoms with Crippen LogP contribution in [0.25, 0.3) is 0 Å². The molecule has 66 valence electrons. The normalized spacial score (nSPS) is 12.9. The Hall–Kier alpha value is -0.570. The van der Waals surface area contributed by atoms with Gasteiger partial charge in [-0.15, -0.1) is 0 Å². The lowest BCUT2D eigenvalue weighted by Gasteiger charge is -2.11. The van der Waals surface area contributed by atoms with Crippen molar-refractivity contribution in [3.63, 3.8) is 0 Å². The van der Waals surface area contributed by atoms with E-state index >= 15 is 0 Å². The van der Waals surface area contributed by atoms with E-state index in [2.05, 4.69) is 6.92 Å². The van der Waals surface area contributed by atoms with Crippen molar-refractivity contribution < 1.29 is 4.79 Å². The molecule has 0 rings (SSSR count). The minimum absolute atomic E-state index is 0.208. The molecule has 0 aliphatic carbocycles. The molecule has 0 heterocycles. The zero-order valence-corrected chi connectivity index (χ0v) is 7.18. The van der Waals surface area contributed by atoms with Crippen molar-refractivity contribution in [2.45, 2.75) is 32.6 Å². The summed E-state index contributed by atoms with van der Waals surface area (Å²) in [6.45, 7) is 2.82. The van der Waals surface area contributed by atoms with E-state index in [9.17, 15) is 4.79 Å². The average molecular weight is 158 g/mol. The average Bonchev–Trinajstić information content (AvgIpc) is 1.97. The van der Waals surface area contributed by atoms with E-state index in [0.717, 1.165) is 19.3 Å². The first-order valence-electron chi connectivity index (χ1n) is 4.19. The van der Waals surface area contributed by atoms with Gasteiger partial charge in [0.25, 0.3) is 0 Å². The van der Waals surface area contributed by atoms with Crippen LogP contribution in [0.3, 0.4) is 0 Å². The summed E-state index contributed by atoms with van der Waals surface area (Å²) in [7, 11) is 0. The summed E-state index contributed by atoms with van der Waals surface area (Å²) in [4.78, 5) is 10.4. The molecule has 0 unspecified atom stereocenters. The van der Waals surface area contributed by atoms with Gasteiger partial charge < -0.3 is 11.5 Å². The number of hydrogen-bond donors (Lipinski definition) is 2. The first kappa shape index (κ1) is 10.4. The van der Waals surface area contributed by atoms with Crippen LogP contribution in [-0.4, -0.2) is 12.5 Å². The fourth-order valence-electron chi connectivity index (χ4n) is 1.13. The van der Waals surface area contributed by atoms with E-state index in [1.807, 2.05) is 0 Å². The molecule has 0 bridgehead atoms. The van der Waals surface area contributed by atoms with Crippen molar-refractivity contribution in [2.24, 2.45) is 17.4 Å². The monoisotopic (exact) mass is 158 g/mol. The van der Waals surface area contributed by atoms with Crippen LogP contribution in [0.5, 0.6) is 0 Å². The lowest BCUT2D eigenvalue weighted by molar-refractivity contribution is -0.118. The Morgan fingerprint density at radius 3 is 2.45 bits per heavy atom. The fraction of sp³-hybridized carbons (Fsp3) is 0.875. The molecule has 0 aliphatic heterocycles. The van der Waals surface area contributed by atoms with E-state index in [-0.39, 0.29) is 5.91 Å². The number of amides is 1. The largest absolute Gasteiger partial charge is 0.370 e. The maximum atomic E-state index is 10.4. The molecule has 11 heavy (non-hydrogen) atoms. The molecule has 4 N–H and O–H groups in total. The topological polar surface area (TPSA) is 69.1 Å². The molecule has 0 aromatic heterocycles. The van der Waals surface area contributed by atoms with Crippen LogP contribution < -0.4 is 11.5 Å². The Morgan fingerprint density at radius 1 is 1.45 bits per heavy atom. The first-order chi connectivity index (χ1) is 5.20. The Morgan fingerprint density at radius 2 is 2.09 bits per heavy atom. The highest BCUT2D eigenvalue weighted by molar-refractivity contribution is 5.73. The Kier molecular flexibility index (Phi) is 5.84. The summed E-state index contributed by atoms with van der Waals surface area (Å²) in [5.41, 5.74) is 10.4. The lowest BCUT2D eigenvalue weighted by Crippen LogP contribution is -2.14. The van der Waals surface area contributed by atoms with Crippen molar-refractivity contribution in [2.75, 3.05) is 6.54 Å². The predicted octanol–water partition coefficient (Wildman–Crippen LogP) is 0.627. The Balaban J connectivity index is 3.43. The zero-order valence-electron chi connectivity index (χ0n) is 7.18.